The summed E-state index contributed by atoms with van der Waals surface area (Å²) in [4.78, 5) is 10.3. The van der Waals surface area contributed by atoms with E-state index >= 15 is 0 Å². The van der Waals surface area contributed by atoms with E-state index in [1.54, 1.807) is 19.1 Å². The van der Waals surface area contributed by atoms with Crippen LogP contribution in [0.5, 0.6) is 5.75 Å². The van der Waals surface area contributed by atoms with E-state index in [2.05, 4.69) is 0 Å². The fourth-order valence-electron chi connectivity index (χ4n) is 1.86. The van der Waals surface area contributed by atoms with Crippen molar-refractivity contribution in [3.05, 3.63) is 35.9 Å². The van der Waals surface area contributed by atoms with Crippen molar-refractivity contribution in [2.75, 3.05) is 6.54 Å². The van der Waals surface area contributed by atoms with E-state index in [0.717, 1.165) is 5.39 Å². The van der Waals surface area contributed by atoms with Gasteiger partial charge in [-0.05, 0) is 41.5 Å². The number of rotatable bonds is 4. The summed E-state index contributed by atoms with van der Waals surface area (Å²) in [5.74, 6) is -1.38. The zero-order valence-electron chi connectivity index (χ0n) is 11.6. The van der Waals surface area contributed by atoms with Crippen LogP contribution in [-0.2, 0) is 14.8 Å². The Balaban J connectivity index is 0.00000220. The Morgan fingerprint density at radius 1 is 1.29 bits per heavy atom. The number of benzene rings is 2. The summed E-state index contributed by atoms with van der Waals surface area (Å²) >= 11 is 0. The molecule has 0 spiro atoms. The van der Waals surface area contributed by atoms with Gasteiger partial charge in [-0.1, -0.05) is 12.1 Å². The standard InChI is InChI=1S/C13H13NO5S.Na/c1-8-11-4-3-10(6-9(11)2-5-12(8)15)20(18,19)14-7-13(16)17;/h2-6,14-15H,7H2,1H3,(H,16,17);/q;+1/p-1. The van der Waals surface area contributed by atoms with E-state index in [4.69, 9.17) is 0 Å². The Hall–Kier alpha value is -1.12. The molecule has 0 aliphatic heterocycles. The van der Waals surface area contributed by atoms with Crippen LogP contribution < -0.4 is 39.4 Å². The van der Waals surface area contributed by atoms with Gasteiger partial charge in [-0.3, -0.25) is 0 Å². The first-order valence-corrected chi connectivity index (χ1v) is 7.21. The normalized spacial score (nSPS) is 11.1. The number of hydrogen-bond donors (Lipinski definition) is 2. The Morgan fingerprint density at radius 3 is 2.57 bits per heavy atom. The molecule has 2 aromatic carbocycles. The van der Waals surface area contributed by atoms with Gasteiger partial charge in [0.1, 0.15) is 5.75 Å². The molecule has 106 valence electrons. The maximum atomic E-state index is 11.9. The maximum absolute atomic E-state index is 11.9. The SMILES string of the molecule is Cc1c(O)ccc2cc(S(=O)(=O)NCC(=O)[O-])ccc12.[Na+]. The minimum Gasteiger partial charge on any atom is -0.549 e. The van der Waals surface area contributed by atoms with Gasteiger partial charge in [0.2, 0.25) is 10.0 Å². The number of hydrogen-bond acceptors (Lipinski definition) is 5. The summed E-state index contributed by atoms with van der Waals surface area (Å²) in [6, 6.07) is 7.40. The average molecular weight is 317 g/mol. The molecule has 0 saturated heterocycles. The number of aliphatic carboxylic acids is 1. The Labute approximate surface area is 144 Å². The van der Waals surface area contributed by atoms with Gasteiger partial charge in [0.05, 0.1) is 17.4 Å². The molecule has 0 saturated carbocycles. The summed E-state index contributed by atoms with van der Waals surface area (Å²) in [6.45, 7) is 0.940. The molecule has 8 heteroatoms. The van der Waals surface area contributed by atoms with Crippen LogP contribution in [0, 0.1) is 6.92 Å². The Bertz CT molecular complexity index is 788. The minimum absolute atomic E-state index is 0. The second-order valence-electron chi connectivity index (χ2n) is 4.29. The molecular formula is C13H12NNaO5S. The smallest absolute Gasteiger partial charge is 0.549 e. The predicted molar refractivity (Wildman–Crippen MR) is 70.5 cm³/mol. The minimum atomic E-state index is -3.90. The van der Waals surface area contributed by atoms with Gasteiger partial charge in [0.25, 0.3) is 0 Å². The number of carbonyl (C=O) groups is 1. The molecule has 0 fully saturated rings. The molecule has 0 bridgehead atoms. The van der Waals surface area contributed by atoms with Gasteiger partial charge in [0, 0.05) is 0 Å². The van der Waals surface area contributed by atoms with Crippen LogP contribution in [0.15, 0.2) is 35.2 Å². The zero-order chi connectivity index (χ0) is 14.9. The zero-order valence-corrected chi connectivity index (χ0v) is 14.4. The number of aryl methyl sites for hydroxylation is 1. The number of aromatic hydroxyl groups is 1. The fraction of sp³-hybridized carbons (Fsp3) is 0.154. The van der Waals surface area contributed by atoms with Crippen molar-refractivity contribution in [1.29, 1.82) is 0 Å². The third kappa shape index (κ3) is 3.96. The molecule has 2 rings (SSSR count). The van der Waals surface area contributed by atoms with Crippen LogP contribution in [0.4, 0.5) is 0 Å². The van der Waals surface area contributed by atoms with Crippen molar-refractivity contribution >= 4 is 26.8 Å². The Morgan fingerprint density at radius 2 is 1.95 bits per heavy atom. The van der Waals surface area contributed by atoms with E-state index in [9.17, 15) is 23.4 Å². The summed E-state index contributed by atoms with van der Waals surface area (Å²) in [6.07, 6.45) is 0. The first-order valence-electron chi connectivity index (χ1n) is 5.73. The van der Waals surface area contributed by atoms with Crippen molar-refractivity contribution < 1.29 is 53.0 Å². The molecule has 2 aromatic rings. The van der Waals surface area contributed by atoms with Crippen LogP contribution in [-0.4, -0.2) is 26.0 Å². The third-order valence-corrected chi connectivity index (χ3v) is 4.35. The molecule has 2 N–H and O–H groups in total. The van der Waals surface area contributed by atoms with Crippen LogP contribution in [0.1, 0.15) is 5.56 Å². The molecular weight excluding hydrogens is 305 g/mol. The van der Waals surface area contributed by atoms with Gasteiger partial charge in [-0.15, -0.1) is 0 Å². The summed E-state index contributed by atoms with van der Waals surface area (Å²) in [5, 5.41) is 21.3. The molecule has 6 nitrogen and oxygen atoms in total. The maximum Gasteiger partial charge on any atom is 1.00 e. The van der Waals surface area contributed by atoms with Crippen LogP contribution in [0.2, 0.25) is 0 Å². The molecule has 0 aliphatic rings. The third-order valence-electron chi connectivity index (χ3n) is 2.95. The molecule has 0 aliphatic carbocycles. The summed E-state index contributed by atoms with van der Waals surface area (Å²) in [5.41, 5.74) is 0.647. The first kappa shape index (κ1) is 17.9. The Kier molecular flexibility index (Phi) is 5.77. The quantitative estimate of drug-likeness (QED) is 0.581. The van der Waals surface area contributed by atoms with Crippen LogP contribution >= 0.6 is 0 Å². The van der Waals surface area contributed by atoms with E-state index < -0.39 is 22.5 Å². The number of phenolic OH excluding ortho intramolecular Hbond substituents is 1. The van der Waals surface area contributed by atoms with Crippen molar-refractivity contribution in [2.24, 2.45) is 0 Å². The van der Waals surface area contributed by atoms with Gasteiger partial charge in [0.15, 0.2) is 0 Å². The van der Waals surface area contributed by atoms with Gasteiger partial charge in [-0.2, -0.15) is 0 Å². The van der Waals surface area contributed by atoms with E-state index in [-0.39, 0.29) is 40.2 Å². The molecule has 0 atom stereocenters. The number of sulfonamides is 1. The van der Waals surface area contributed by atoms with E-state index in [1.807, 2.05) is 4.72 Å². The van der Waals surface area contributed by atoms with E-state index in [0.29, 0.717) is 10.9 Å². The van der Waals surface area contributed by atoms with Crippen LogP contribution in [0.25, 0.3) is 10.8 Å². The van der Waals surface area contributed by atoms with Crippen molar-refractivity contribution in [3.8, 4) is 5.75 Å². The van der Waals surface area contributed by atoms with Gasteiger partial charge in [-0.25, -0.2) is 13.1 Å². The van der Waals surface area contributed by atoms with Gasteiger partial charge < -0.3 is 15.0 Å². The summed E-state index contributed by atoms with van der Waals surface area (Å²) < 4.78 is 25.7. The topological polar surface area (TPSA) is 107 Å². The number of phenols is 1. The predicted octanol–water partition coefficient (Wildman–Crippen LogP) is -3.11. The fourth-order valence-corrected chi connectivity index (χ4v) is 2.86. The second-order valence-corrected chi connectivity index (χ2v) is 6.06. The van der Waals surface area contributed by atoms with Crippen molar-refractivity contribution in [3.63, 3.8) is 0 Å². The first-order chi connectivity index (χ1) is 9.31. The van der Waals surface area contributed by atoms with Crippen molar-refractivity contribution in [2.45, 2.75) is 11.8 Å². The van der Waals surface area contributed by atoms with E-state index in [1.165, 1.54) is 18.2 Å². The van der Waals surface area contributed by atoms with Crippen molar-refractivity contribution in [1.82, 2.24) is 4.72 Å². The molecule has 0 unspecified atom stereocenters. The average Bonchev–Trinajstić information content (AvgIpc) is 2.40. The van der Waals surface area contributed by atoms with Crippen LogP contribution in [0.3, 0.4) is 0 Å². The number of carbonyl (C=O) groups excluding carboxylic acids is 1. The molecule has 0 aromatic heterocycles. The molecule has 0 radical (unpaired) electrons. The summed E-state index contributed by atoms with van der Waals surface area (Å²) in [7, 11) is -3.90. The van der Waals surface area contributed by atoms with Gasteiger partial charge >= 0.3 is 29.6 Å². The monoisotopic (exact) mass is 317 g/mol. The number of fused-ring (bicyclic) bond motifs is 1. The largest absolute Gasteiger partial charge is 1.00 e. The number of nitrogens with one attached hydrogen (secondary N) is 1. The molecule has 21 heavy (non-hydrogen) atoms. The number of carboxylic acids is 1. The second kappa shape index (κ2) is 6.76. The number of carboxylic acid groups (broad SMARTS) is 1. The molecule has 0 amide bonds. The molecule has 0 heterocycles.